The molecule has 0 radical (unpaired) electrons. The van der Waals surface area contributed by atoms with Gasteiger partial charge in [-0.3, -0.25) is 9.97 Å². The molecule has 0 spiro atoms. The van der Waals surface area contributed by atoms with E-state index in [1.165, 1.54) is 46.5 Å². The number of halogens is 4. The average Bonchev–Trinajstić information content (AvgIpc) is 1.60. The van der Waals surface area contributed by atoms with Crippen molar-refractivity contribution in [3.63, 3.8) is 0 Å². The van der Waals surface area contributed by atoms with E-state index in [1.807, 2.05) is 156 Å². The summed E-state index contributed by atoms with van der Waals surface area (Å²) in [5, 5.41) is 6.89. The summed E-state index contributed by atoms with van der Waals surface area (Å²) >= 11 is 0. The lowest BCUT2D eigenvalue weighted by Gasteiger charge is -2.08. The van der Waals surface area contributed by atoms with Gasteiger partial charge in [-0.15, -0.1) is 0 Å². The summed E-state index contributed by atoms with van der Waals surface area (Å²) in [7, 11) is 7.85. The minimum absolute atomic E-state index is 0.300. The number of nitrogens with zero attached hydrogens (tertiary/aromatic N) is 14. The van der Waals surface area contributed by atoms with Crippen LogP contribution in [-0.2, 0) is 28.2 Å². The molecule has 0 N–H and O–H groups in total. The average molecular weight is 1600 g/mol. The molecule has 22 heteroatoms. The molecule has 20 aromatic rings. The number of fused-ring (bicyclic) bond motifs is 12. The molecule has 14 heterocycles. The van der Waals surface area contributed by atoms with E-state index in [0.29, 0.717) is 45.2 Å². The molecule has 0 amide bonds. The topological polar surface area (TPSA) is 197 Å². The third kappa shape index (κ3) is 15.1. The van der Waals surface area contributed by atoms with Gasteiger partial charge in [0.1, 0.15) is 45.1 Å². The van der Waals surface area contributed by atoms with Crippen LogP contribution in [0.2, 0.25) is 0 Å². The van der Waals surface area contributed by atoms with Crippen LogP contribution in [0.15, 0.2) is 225 Å². The molecule has 20 rings (SSSR count). The maximum Gasteiger partial charge on any atom is 0.287 e. The predicted octanol–water partition coefficient (Wildman–Crippen LogP) is 21.2. The SMILES string of the molecule is Cc1cc(-c2cc(-c3c(C)ccc4c3oc3nc(F)ccc34)[n+](C)cn2)cc(C)n1.Cc1cc(-c2cc(-c3c(C)ccc4c3oc3nc(F)ccc34)[n+](C)cn2)cc(C)n1.Cc1cc(C)cc(-c2cc(-c3c(C)ccc4c3oc3nc(F)ccc34)[n+](C)cn2)c1.Cc1cc(C)cc(-c2cc(-c3cc4oc5nc(F)ccc5c4cc3C)[n+](C)cn2)c1. The zero-order valence-electron chi connectivity index (χ0n) is 69.0. The molecule has 0 atom stereocenters. The monoisotopic (exact) mass is 1590 g/mol. The Kier molecular flexibility index (Phi) is 20.2. The fourth-order valence-electron chi connectivity index (χ4n) is 16.2. The van der Waals surface area contributed by atoms with Crippen molar-refractivity contribution >= 4 is 88.3 Å². The van der Waals surface area contributed by atoms with Crippen LogP contribution in [0.1, 0.15) is 67.3 Å². The fraction of sp³-hybridized carbons (Fsp3) is 0.163. The zero-order chi connectivity index (χ0) is 84.0. The molecular weight excluding hydrogens is 1510 g/mol. The highest BCUT2D eigenvalue weighted by molar-refractivity contribution is 6.11. The molecule has 0 bridgehead atoms. The van der Waals surface area contributed by atoms with Crippen molar-refractivity contribution in [3.8, 4) is 90.1 Å². The number of furan rings is 4. The highest BCUT2D eigenvalue weighted by Crippen LogP contribution is 2.42. The van der Waals surface area contributed by atoms with Crippen LogP contribution in [0.25, 0.3) is 178 Å². The van der Waals surface area contributed by atoms with Crippen molar-refractivity contribution in [2.24, 2.45) is 28.2 Å². The molecule has 18 nitrogen and oxygen atoms in total. The van der Waals surface area contributed by atoms with Crippen LogP contribution < -0.4 is 18.3 Å². The zero-order valence-corrected chi connectivity index (χ0v) is 69.0. The van der Waals surface area contributed by atoms with Gasteiger partial charge in [0.15, 0.2) is 22.8 Å². The summed E-state index contributed by atoms with van der Waals surface area (Å²) in [6, 6.07) is 57.8. The number of benzene rings is 6. The number of rotatable bonds is 8. The van der Waals surface area contributed by atoms with Crippen molar-refractivity contribution in [1.29, 1.82) is 0 Å². The van der Waals surface area contributed by atoms with Crippen molar-refractivity contribution in [3.05, 3.63) is 298 Å². The van der Waals surface area contributed by atoms with E-state index < -0.39 is 23.8 Å². The van der Waals surface area contributed by atoms with Gasteiger partial charge in [0.2, 0.25) is 46.6 Å². The molecule has 0 aliphatic carbocycles. The summed E-state index contributed by atoms with van der Waals surface area (Å²) in [6.07, 6.45) is 7.26. The Morgan fingerprint density at radius 1 is 0.250 bits per heavy atom. The molecule has 0 saturated heterocycles. The fourth-order valence-corrected chi connectivity index (χ4v) is 16.2. The number of hydrogen-bond donors (Lipinski definition) is 0. The summed E-state index contributed by atoms with van der Waals surface area (Å²) in [4.78, 5) is 43.1. The van der Waals surface area contributed by atoms with E-state index in [4.69, 9.17) is 17.7 Å². The van der Waals surface area contributed by atoms with Gasteiger partial charge < -0.3 is 17.7 Å². The summed E-state index contributed by atoms with van der Waals surface area (Å²) in [5.74, 6) is -2.21. The van der Waals surface area contributed by atoms with E-state index in [9.17, 15) is 17.6 Å². The van der Waals surface area contributed by atoms with Crippen LogP contribution in [0.3, 0.4) is 0 Å². The Balaban J connectivity index is 0.000000114. The van der Waals surface area contributed by atoms with Gasteiger partial charge in [0.25, 0.3) is 25.3 Å². The van der Waals surface area contributed by atoms with E-state index in [-0.39, 0.29) is 0 Å². The second-order valence-electron chi connectivity index (χ2n) is 31.0. The highest BCUT2D eigenvalue weighted by Gasteiger charge is 2.28. The number of pyridine rings is 6. The molecule has 0 aliphatic rings. The lowest BCUT2D eigenvalue weighted by Crippen LogP contribution is -2.31. The normalized spacial score (nSPS) is 11.5. The first kappa shape index (κ1) is 78.0. The van der Waals surface area contributed by atoms with Crippen molar-refractivity contribution in [2.75, 3.05) is 0 Å². The maximum atomic E-state index is 13.7. The lowest BCUT2D eigenvalue weighted by molar-refractivity contribution is -0.663. The molecule has 120 heavy (non-hydrogen) atoms. The van der Waals surface area contributed by atoms with Crippen molar-refractivity contribution in [2.45, 2.75) is 83.1 Å². The number of aryl methyl sites for hydroxylation is 16. The standard InChI is InChI=1S/2C25H21FN3O.2C24H20FN4O/c1-14-7-15(2)9-17(8-14)21-12-22(29(4)13-27-21)19-11-23-20(10-16(19)3)18-5-6-24(26)28-25(18)30-23;1-14-9-15(2)11-17(10-14)20-12-21(29(4)13-27-20)23-16(3)5-6-18-19-7-8-22(26)28-25(19)30-24(18)23;2*1-13-5-6-17-18-7-8-21(25)28-24(18)30-23(17)22(13)20-11-19(26-12-29(20)4)16-9-14(2)27-15(3)10-16/h2*5-13H,1-4H3;2*5-12H,1-4H3/q4*+1. The summed E-state index contributed by atoms with van der Waals surface area (Å²) in [5.41, 5.74) is 32.4. The highest BCUT2D eigenvalue weighted by atomic mass is 19.1. The van der Waals surface area contributed by atoms with Gasteiger partial charge in [0.05, 0.1) is 44.9 Å². The third-order valence-electron chi connectivity index (χ3n) is 21.6. The van der Waals surface area contributed by atoms with Crippen LogP contribution in [0, 0.1) is 107 Å². The van der Waals surface area contributed by atoms with Gasteiger partial charge in [0, 0.05) is 118 Å². The van der Waals surface area contributed by atoms with Gasteiger partial charge in [-0.05, 0) is 234 Å². The van der Waals surface area contributed by atoms with Gasteiger partial charge in [-0.1, -0.05) is 70.8 Å². The smallest absolute Gasteiger partial charge is 0.287 e. The van der Waals surface area contributed by atoms with Crippen molar-refractivity contribution < 1.29 is 53.5 Å². The molecule has 14 aromatic heterocycles. The van der Waals surface area contributed by atoms with Crippen LogP contribution in [0.5, 0.6) is 0 Å². The molecule has 0 fully saturated rings. The molecule has 6 aromatic carbocycles. The Morgan fingerprint density at radius 3 is 0.850 bits per heavy atom. The first-order chi connectivity index (χ1) is 57.6. The molecule has 592 valence electrons. The number of aromatic nitrogens is 14. The quantitative estimate of drug-likeness (QED) is 0.0791. The molecular formula is C98H82F4N14O4+4. The van der Waals surface area contributed by atoms with Gasteiger partial charge in [-0.2, -0.15) is 37.5 Å². The second kappa shape index (κ2) is 31.2. The van der Waals surface area contributed by atoms with Crippen LogP contribution in [0.4, 0.5) is 17.6 Å². The molecule has 0 aliphatic heterocycles. The largest absolute Gasteiger partial charge is 0.438 e. The third-order valence-corrected chi connectivity index (χ3v) is 21.6. The van der Waals surface area contributed by atoms with E-state index in [1.54, 1.807) is 36.9 Å². The Morgan fingerprint density at radius 2 is 0.525 bits per heavy atom. The van der Waals surface area contributed by atoms with E-state index in [2.05, 4.69) is 169 Å². The van der Waals surface area contributed by atoms with Gasteiger partial charge >= 0.3 is 0 Å². The van der Waals surface area contributed by atoms with Gasteiger partial charge in [-0.25, -0.2) is 18.3 Å². The van der Waals surface area contributed by atoms with Crippen LogP contribution >= 0.6 is 0 Å². The second-order valence-corrected chi connectivity index (χ2v) is 31.0. The first-order valence-corrected chi connectivity index (χ1v) is 39.1. The maximum absolute atomic E-state index is 13.7. The molecule has 0 saturated carbocycles. The van der Waals surface area contributed by atoms with E-state index >= 15 is 0 Å². The summed E-state index contributed by atoms with van der Waals surface area (Å²) in [6.45, 7) is 24.5. The molecule has 0 unspecified atom stereocenters. The minimum Gasteiger partial charge on any atom is -0.438 e. The van der Waals surface area contributed by atoms with Crippen LogP contribution in [-0.4, -0.2) is 49.8 Å². The van der Waals surface area contributed by atoms with Crippen molar-refractivity contribution in [1.82, 2.24) is 49.8 Å². The van der Waals surface area contributed by atoms with E-state index in [0.717, 1.165) is 178 Å². The Bertz CT molecular complexity index is 6990. The minimum atomic E-state index is -0.556. The lowest BCUT2D eigenvalue weighted by atomic mass is 9.99. The number of hydrogen-bond acceptors (Lipinski definition) is 14. The first-order valence-electron chi connectivity index (χ1n) is 39.1. The summed E-state index contributed by atoms with van der Waals surface area (Å²) < 4.78 is 86.4. The Labute approximate surface area is 687 Å². The predicted molar refractivity (Wildman–Crippen MR) is 458 cm³/mol. The Hall–Kier alpha value is -14.5.